The molecular formula is C6H13NO3. The average molecular weight is 147 g/mol. The Hall–Kier alpha value is -0.160. The number of aliphatic hydroxyl groups is 3. The van der Waals surface area contributed by atoms with Gasteiger partial charge in [-0.2, -0.15) is 0 Å². The van der Waals surface area contributed by atoms with E-state index in [2.05, 4.69) is 5.32 Å². The van der Waals surface area contributed by atoms with E-state index >= 15 is 0 Å². The van der Waals surface area contributed by atoms with Gasteiger partial charge in [-0.15, -0.1) is 0 Å². The summed E-state index contributed by atoms with van der Waals surface area (Å²) in [6, 6.07) is -0.140. The topological polar surface area (TPSA) is 72.7 Å². The number of nitrogens with one attached hydrogen (secondary N) is 1. The lowest BCUT2D eigenvalue weighted by Crippen LogP contribution is -2.58. The minimum Gasteiger partial charge on any atom is -0.389 e. The molecule has 0 aromatic rings. The molecule has 0 unspecified atom stereocenters. The quantitative estimate of drug-likeness (QED) is 0.322. The van der Waals surface area contributed by atoms with E-state index in [1.54, 1.807) is 6.92 Å². The van der Waals surface area contributed by atoms with Crippen LogP contribution in [0, 0.1) is 0 Å². The highest BCUT2D eigenvalue weighted by Crippen LogP contribution is 2.09. The third-order valence-electron chi connectivity index (χ3n) is 1.91. The highest BCUT2D eigenvalue weighted by Gasteiger charge is 2.33. The predicted molar refractivity (Wildman–Crippen MR) is 35.5 cm³/mol. The molecule has 1 saturated heterocycles. The molecule has 0 radical (unpaired) electrons. The van der Waals surface area contributed by atoms with Crippen molar-refractivity contribution in [2.24, 2.45) is 0 Å². The van der Waals surface area contributed by atoms with Crippen LogP contribution in [0.3, 0.4) is 0 Å². The zero-order valence-electron chi connectivity index (χ0n) is 5.86. The van der Waals surface area contributed by atoms with Crippen LogP contribution in [0.4, 0.5) is 0 Å². The number of aliphatic hydroxyl groups excluding tert-OH is 3. The van der Waals surface area contributed by atoms with Gasteiger partial charge in [-0.05, 0) is 6.92 Å². The maximum Gasteiger partial charge on any atom is 0.108 e. The van der Waals surface area contributed by atoms with Gasteiger partial charge in [0.1, 0.15) is 6.10 Å². The van der Waals surface area contributed by atoms with Gasteiger partial charge in [0.25, 0.3) is 0 Å². The molecule has 4 heteroatoms. The summed E-state index contributed by atoms with van der Waals surface area (Å²) in [6.07, 6.45) is -2.70. The van der Waals surface area contributed by atoms with Crippen LogP contribution in [0.1, 0.15) is 6.92 Å². The van der Waals surface area contributed by atoms with Gasteiger partial charge in [0.2, 0.25) is 0 Å². The largest absolute Gasteiger partial charge is 0.389 e. The zero-order valence-corrected chi connectivity index (χ0v) is 5.86. The maximum absolute atomic E-state index is 9.14. The van der Waals surface area contributed by atoms with E-state index in [1.165, 1.54) is 0 Å². The van der Waals surface area contributed by atoms with Gasteiger partial charge in [0.05, 0.1) is 12.2 Å². The van der Waals surface area contributed by atoms with Crippen LogP contribution in [0.5, 0.6) is 0 Å². The number of piperidine rings is 1. The van der Waals surface area contributed by atoms with Crippen molar-refractivity contribution in [3.8, 4) is 0 Å². The van der Waals surface area contributed by atoms with Crippen LogP contribution in [-0.2, 0) is 0 Å². The van der Waals surface area contributed by atoms with Crippen molar-refractivity contribution in [2.75, 3.05) is 6.54 Å². The molecule has 0 spiro atoms. The van der Waals surface area contributed by atoms with Gasteiger partial charge in [0.15, 0.2) is 0 Å². The Bertz CT molecular complexity index is 106. The lowest BCUT2D eigenvalue weighted by molar-refractivity contribution is -0.0910. The minimum absolute atomic E-state index is 0.140. The molecule has 0 bridgehead atoms. The lowest BCUT2D eigenvalue weighted by atomic mass is 9.98. The monoisotopic (exact) mass is 147 g/mol. The van der Waals surface area contributed by atoms with Crippen molar-refractivity contribution in [3.63, 3.8) is 0 Å². The van der Waals surface area contributed by atoms with E-state index in [9.17, 15) is 0 Å². The molecule has 0 saturated carbocycles. The summed E-state index contributed by atoms with van der Waals surface area (Å²) >= 11 is 0. The van der Waals surface area contributed by atoms with E-state index < -0.39 is 18.3 Å². The first-order chi connectivity index (χ1) is 4.63. The van der Waals surface area contributed by atoms with E-state index in [4.69, 9.17) is 15.3 Å². The van der Waals surface area contributed by atoms with Crippen LogP contribution in [-0.4, -0.2) is 46.2 Å². The van der Waals surface area contributed by atoms with Gasteiger partial charge >= 0.3 is 0 Å². The molecule has 0 amide bonds. The fraction of sp³-hybridized carbons (Fsp3) is 1.00. The number of hydrogen-bond donors (Lipinski definition) is 4. The summed E-state index contributed by atoms with van der Waals surface area (Å²) in [5.41, 5.74) is 0. The fourth-order valence-corrected chi connectivity index (χ4v) is 1.07. The maximum atomic E-state index is 9.14. The van der Waals surface area contributed by atoms with E-state index in [-0.39, 0.29) is 6.04 Å². The molecular weight excluding hydrogens is 134 g/mol. The first kappa shape index (κ1) is 7.94. The molecule has 1 heterocycles. The second-order valence-electron chi connectivity index (χ2n) is 2.75. The Labute approximate surface area is 59.5 Å². The summed E-state index contributed by atoms with van der Waals surface area (Å²) in [6.45, 7) is 2.11. The molecule has 4 N–H and O–H groups in total. The molecule has 4 atom stereocenters. The highest BCUT2D eigenvalue weighted by molar-refractivity contribution is 4.89. The Kier molecular flexibility index (Phi) is 2.25. The molecule has 10 heavy (non-hydrogen) atoms. The van der Waals surface area contributed by atoms with E-state index in [1.807, 2.05) is 0 Å². The molecule has 0 aromatic heterocycles. The van der Waals surface area contributed by atoms with E-state index in [0.29, 0.717) is 6.54 Å². The van der Waals surface area contributed by atoms with Crippen LogP contribution < -0.4 is 5.32 Å². The van der Waals surface area contributed by atoms with Gasteiger partial charge in [-0.25, -0.2) is 0 Å². The molecule has 1 rings (SSSR count). The first-order valence-corrected chi connectivity index (χ1v) is 3.40. The number of hydrogen-bond acceptors (Lipinski definition) is 4. The third-order valence-corrected chi connectivity index (χ3v) is 1.91. The number of β-amino-alcohol motifs (C(OH)–C–C–N with tert-alkyl or cyclic N) is 1. The normalized spacial score (nSPS) is 49.2. The van der Waals surface area contributed by atoms with Crippen molar-refractivity contribution >= 4 is 0 Å². The van der Waals surface area contributed by atoms with Gasteiger partial charge in [-0.1, -0.05) is 0 Å². The highest BCUT2D eigenvalue weighted by atomic mass is 16.4. The number of rotatable bonds is 0. The second kappa shape index (κ2) is 2.84. The van der Waals surface area contributed by atoms with Gasteiger partial charge in [0, 0.05) is 12.6 Å². The third kappa shape index (κ3) is 1.29. The van der Waals surface area contributed by atoms with Crippen molar-refractivity contribution < 1.29 is 15.3 Å². The zero-order chi connectivity index (χ0) is 7.72. The lowest BCUT2D eigenvalue weighted by Gasteiger charge is -2.33. The van der Waals surface area contributed by atoms with Crippen LogP contribution >= 0.6 is 0 Å². The smallest absolute Gasteiger partial charge is 0.108 e. The summed E-state index contributed by atoms with van der Waals surface area (Å²) in [4.78, 5) is 0. The second-order valence-corrected chi connectivity index (χ2v) is 2.75. The molecule has 1 aliphatic heterocycles. The Morgan fingerprint density at radius 1 is 1.20 bits per heavy atom. The summed E-state index contributed by atoms with van der Waals surface area (Å²) in [7, 11) is 0. The molecule has 60 valence electrons. The van der Waals surface area contributed by atoms with E-state index in [0.717, 1.165) is 0 Å². The SMILES string of the molecule is C[C@@H]1NC[C@@H](O)[C@@H](O)[C@@H]1O. The standard InChI is InChI=1S/C6H13NO3/c1-3-5(9)6(10)4(8)2-7-3/h3-10H,2H2,1H3/t3-,4+,5+,6+/m0/s1. The van der Waals surface area contributed by atoms with Gasteiger partial charge < -0.3 is 20.6 Å². The summed E-state index contributed by atoms with van der Waals surface area (Å²) in [5.74, 6) is 0. The first-order valence-electron chi connectivity index (χ1n) is 3.40. The molecule has 0 aromatic carbocycles. The fourth-order valence-electron chi connectivity index (χ4n) is 1.07. The van der Waals surface area contributed by atoms with Crippen LogP contribution in [0.2, 0.25) is 0 Å². The van der Waals surface area contributed by atoms with Crippen molar-refractivity contribution in [3.05, 3.63) is 0 Å². The van der Waals surface area contributed by atoms with Gasteiger partial charge in [-0.3, -0.25) is 0 Å². The predicted octanol–water partition coefficient (Wildman–Crippen LogP) is -1.94. The Morgan fingerprint density at radius 2 is 1.80 bits per heavy atom. The minimum atomic E-state index is -1.00. The molecule has 1 aliphatic rings. The Morgan fingerprint density at radius 3 is 2.30 bits per heavy atom. The molecule has 1 fully saturated rings. The molecule has 0 aliphatic carbocycles. The van der Waals surface area contributed by atoms with Crippen LogP contribution in [0.25, 0.3) is 0 Å². The summed E-state index contributed by atoms with van der Waals surface area (Å²) < 4.78 is 0. The van der Waals surface area contributed by atoms with Crippen LogP contribution in [0.15, 0.2) is 0 Å². The van der Waals surface area contributed by atoms with Crippen molar-refractivity contribution in [2.45, 2.75) is 31.3 Å². The average Bonchev–Trinajstić information content (AvgIpc) is 1.93. The van der Waals surface area contributed by atoms with Crippen molar-refractivity contribution in [1.29, 1.82) is 0 Å². The molecule has 4 nitrogen and oxygen atoms in total. The Balaban J connectivity index is 2.52. The van der Waals surface area contributed by atoms with Crippen molar-refractivity contribution in [1.82, 2.24) is 5.32 Å². The summed E-state index contributed by atoms with van der Waals surface area (Å²) in [5, 5.41) is 30.1.